The van der Waals surface area contributed by atoms with E-state index in [2.05, 4.69) is 10.6 Å². The first-order valence-electron chi connectivity index (χ1n) is 5.85. The molecule has 2 unspecified atom stereocenters. The highest BCUT2D eigenvalue weighted by Crippen LogP contribution is 2.14. The lowest BCUT2D eigenvalue weighted by Gasteiger charge is -2.32. The van der Waals surface area contributed by atoms with Gasteiger partial charge in [-0.1, -0.05) is 6.92 Å². The van der Waals surface area contributed by atoms with E-state index in [1.807, 2.05) is 13.8 Å². The molecule has 2 atom stereocenters. The van der Waals surface area contributed by atoms with Crippen LogP contribution in [0.3, 0.4) is 0 Å². The van der Waals surface area contributed by atoms with Crippen molar-refractivity contribution in [2.45, 2.75) is 38.3 Å². The van der Waals surface area contributed by atoms with Crippen LogP contribution in [0.2, 0.25) is 0 Å². The first-order chi connectivity index (χ1) is 7.61. The average Bonchev–Trinajstić information content (AvgIpc) is 2.30. The van der Waals surface area contributed by atoms with Crippen molar-refractivity contribution in [1.82, 2.24) is 10.6 Å². The molecule has 0 aromatic heterocycles. The number of nitrogens with one attached hydrogen (secondary N) is 2. The van der Waals surface area contributed by atoms with Crippen LogP contribution in [0.5, 0.6) is 0 Å². The third kappa shape index (κ3) is 3.73. The van der Waals surface area contributed by atoms with E-state index in [1.54, 1.807) is 0 Å². The molecule has 94 valence electrons. The van der Waals surface area contributed by atoms with Crippen LogP contribution < -0.4 is 10.6 Å². The zero-order chi connectivity index (χ0) is 12.0. The van der Waals surface area contributed by atoms with E-state index in [9.17, 15) is 4.79 Å². The van der Waals surface area contributed by atoms with Gasteiger partial charge < -0.3 is 20.5 Å². The minimum absolute atomic E-state index is 0.0440. The zero-order valence-electron chi connectivity index (χ0n) is 10.1. The van der Waals surface area contributed by atoms with E-state index in [4.69, 9.17) is 9.84 Å². The van der Waals surface area contributed by atoms with Crippen molar-refractivity contribution in [1.29, 1.82) is 0 Å². The van der Waals surface area contributed by atoms with Gasteiger partial charge in [0.05, 0.1) is 13.2 Å². The fraction of sp³-hybridized carbons (Fsp3) is 0.909. The Balaban J connectivity index is 2.47. The van der Waals surface area contributed by atoms with E-state index in [0.717, 1.165) is 6.42 Å². The van der Waals surface area contributed by atoms with Gasteiger partial charge in [0.2, 0.25) is 5.91 Å². The fourth-order valence-electron chi connectivity index (χ4n) is 1.69. The average molecular weight is 230 g/mol. The summed E-state index contributed by atoms with van der Waals surface area (Å²) in [5.74, 6) is -0.0440. The van der Waals surface area contributed by atoms with Crippen molar-refractivity contribution in [3.8, 4) is 0 Å². The van der Waals surface area contributed by atoms with Crippen LogP contribution in [0.15, 0.2) is 0 Å². The van der Waals surface area contributed by atoms with Crippen LogP contribution in [-0.4, -0.2) is 49.0 Å². The molecule has 1 saturated heterocycles. The zero-order valence-corrected chi connectivity index (χ0v) is 10.1. The Morgan fingerprint density at radius 1 is 1.69 bits per heavy atom. The van der Waals surface area contributed by atoms with Crippen molar-refractivity contribution < 1.29 is 14.6 Å². The van der Waals surface area contributed by atoms with E-state index in [1.165, 1.54) is 0 Å². The molecule has 0 aliphatic carbocycles. The summed E-state index contributed by atoms with van der Waals surface area (Å²) in [6.07, 6.45) is 1.37. The van der Waals surface area contributed by atoms with Crippen molar-refractivity contribution in [3.63, 3.8) is 0 Å². The molecule has 1 aliphatic heterocycles. The molecule has 5 nitrogen and oxygen atoms in total. The molecule has 0 aromatic rings. The monoisotopic (exact) mass is 230 g/mol. The topological polar surface area (TPSA) is 70.6 Å². The standard InChI is InChI=1S/C11H22N2O3/c1-3-11(2,4-6-14)13-10(15)9-8-16-7-5-12-9/h9,12,14H,3-8H2,1-2H3,(H,13,15). The normalized spacial score (nSPS) is 24.8. The quantitative estimate of drug-likeness (QED) is 0.603. The van der Waals surface area contributed by atoms with Gasteiger partial charge >= 0.3 is 0 Å². The summed E-state index contributed by atoms with van der Waals surface area (Å²) in [4.78, 5) is 11.9. The number of amides is 1. The molecule has 1 heterocycles. The Morgan fingerprint density at radius 2 is 2.44 bits per heavy atom. The SMILES string of the molecule is CCC(C)(CCO)NC(=O)C1COCCN1. The second-order valence-electron chi connectivity index (χ2n) is 4.46. The Bertz CT molecular complexity index is 229. The highest BCUT2D eigenvalue weighted by molar-refractivity contribution is 5.82. The van der Waals surface area contributed by atoms with Gasteiger partial charge in [-0.05, 0) is 19.8 Å². The summed E-state index contributed by atoms with van der Waals surface area (Å²) in [6.45, 7) is 5.82. The van der Waals surface area contributed by atoms with Crippen LogP contribution in [0.25, 0.3) is 0 Å². The second-order valence-corrected chi connectivity index (χ2v) is 4.46. The predicted molar refractivity (Wildman–Crippen MR) is 61.2 cm³/mol. The van der Waals surface area contributed by atoms with Crippen molar-refractivity contribution in [2.75, 3.05) is 26.4 Å². The first-order valence-corrected chi connectivity index (χ1v) is 5.85. The number of hydrogen-bond donors (Lipinski definition) is 3. The van der Waals surface area contributed by atoms with Gasteiger partial charge in [0.25, 0.3) is 0 Å². The lowest BCUT2D eigenvalue weighted by molar-refractivity contribution is -0.127. The summed E-state index contributed by atoms with van der Waals surface area (Å²) >= 11 is 0. The molecule has 0 radical (unpaired) electrons. The van der Waals surface area contributed by atoms with Gasteiger partial charge in [-0.25, -0.2) is 0 Å². The highest BCUT2D eigenvalue weighted by atomic mass is 16.5. The molecule has 3 N–H and O–H groups in total. The lowest BCUT2D eigenvalue weighted by Crippen LogP contribution is -2.57. The molecule has 0 bridgehead atoms. The van der Waals surface area contributed by atoms with Crippen molar-refractivity contribution in [3.05, 3.63) is 0 Å². The Hall–Kier alpha value is -0.650. The van der Waals surface area contributed by atoms with Crippen molar-refractivity contribution >= 4 is 5.91 Å². The fourth-order valence-corrected chi connectivity index (χ4v) is 1.69. The minimum atomic E-state index is -0.328. The molecule has 0 aromatic carbocycles. The van der Waals surface area contributed by atoms with Gasteiger partial charge in [-0.2, -0.15) is 0 Å². The maximum atomic E-state index is 11.9. The smallest absolute Gasteiger partial charge is 0.239 e. The second kappa shape index (κ2) is 6.18. The van der Waals surface area contributed by atoms with Crippen LogP contribution >= 0.6 is 0 Å². The first kappa shape index (κ1) is 13.4. The van der Waals surface area contributed by atoms with Crippen molar-refractivity contribution in [2.24, 2.45) is 0 Å². The van der Waals surface area contributed by atoms with Gasteiger partial charge in [0.15, 0.2) is 0 Å². The molecule has 1 rings (SSSR count). The number of hydrogen-bond acceptors (Lipinski definition) is 4. The van der Waals surface area contributed by atoms with Crippen LogP contribution in [0.4, 0.5) is 0 Å². The molecule has 16 heavy (non-hydrogen) atoms. The summed E-state index contributed by atoms with van der Waals surface area (Å²) in [6, 6.07) is -0.265. The van der Waals surface area contributed by atoms with Crippen LogP contribution in [0.1, 0.15) is 26.7 Å². The van der Waals surface area contributed by atoms with Gasteiger partial charge in [0, 0.05) is 18.7 Å². The van der Waals surface area contributed by atoms with E-state index in [-0.39, 0.29) is 24.1 Å². The van der Waals surface area contributed by atoms with Crippen LogP contribution in [0, 0.1) is 0 Å². The molecule has 1 fully saturated rings. The Labute approximate surface area is 96.6 Å². The predicted octanol–water partition coefficient (Wildman–Crippen LogP) is -0.358. The largest absolute Gasteiger partial charge is 0.396 e. The summed E-state index contributed by atoms with van der Waals surface area (Å²) in [7, 11) is 0. The molecular weight excluding hydrogens is 208 g/mol. The highest BCUT2D eigenvalue weighted by Gasteiger charge is 2.28. The maximum Gasteiger partial charge on any atom is 0.239 e. The number of aliphatic hydroxyl groups is 1. The van der Waals surface area contributed by atoms with Gasteiger partial charge in [0.1, 0.15) is 6.04 Å². The number of aliphatic hydroxyl groups excluding tert-OH is 1. The Morgan fingerprint density at radius 3 is 2.94 bits per heavy atom. The van der Waals surface area contributed by atoms with Gasteiger partial charge in [-0.15, -0.1) is 0 Å². The molecular formula is C11H22N2O3. The number of morpholine rings is 1. The number of carbonyl (C=O) groups excluding carboxylic acids is 1. The van der Waals surface area contributed by atoms with E-state index >= 15 is 0 Å². The van der Waals surface area contributed by atoms with Crippen LogP contribution in [-0.2, 0) is 9.53 Å². The van der Waals surface area contributed by atoms with E-state index < -0.39 is 0 Å². The molecule has 0 saturated carbocycles. The molecule has 1 amide bonds. The summed E-state index contributed by atoms with van der Waals surface area (Å²) < 4.78 is 5.24. The maximum absolute atomic E-state index is 11.9. The molecule has 5 heteroatoms. The van der Waals surface area contributed by atoms with E-state index in [0.29, 0.717) is 26.2 Å². The number of carbonyl (C=O) groups is 1. The third-order valence-corrected chi connectivity index (χ3v) is 3.11. The minimum Gasteiger partial charge on any atom is -0.396 e. The Kier molecular flexibility index (Phi) is 5.18. The van der Waals surface area contributed by atoms with Gasteiger partial charge in [-0.3, -0.25) is 4.79 Å². The number of rotatable bonds is 5. The molecule has 1 aliphatic rings. The summed E-state index contributed by atoms with van der Waals surface area (Å²) in [5, 5.41) is 15.0. The lowest BCUT2D eigenvalue weighted by atomic mass is 9.94. The third-order valence-electron chi connectivity index (χ3n) is 3.11. The molecule has 0 spiro atoms. The number of ether oxygens (including phenoxy) is 1. The summed E-state index contributed by atoms with van der Waals surface area (Å²) in [5.41, 5.74) is -0.328.